The molecule has 1 atom stereocenters. The number of ketones is 1. The third-order valence-electron chi connectivity index (χ3n) is 2.77. The van der Waals surface area contributed by atoms with Crippen LogP contribution in [0, 0.1) is 5.92 Å². The Morgan fingerprint density at radius 2 is 2.32 bits per heavy atom. The number of allylic oxidation sites excluding steroid dienone is 5. The first kappa shape index (κ1) is 14.0. The van der Waals surface area contributed by atoms with Crippen molar-refractivity contribution in [2.45, 2.75) is 6.42 Å². The van der Waals surface area contributed by atoms with Crippen molar-refractivity contribution in [3.05, 3.63) is 52.1 Å². The number of aromatic nitrogens is 1. The Kier molecular flexibility index (Phi) is 4.56. The van der Waals surface area contributed by atoms with Crippen LogP contribution in [0.25, 0.3) is 6.20 Å². The van der Waals surface area contributed by atoms with Crippen LogP contribution < -0.4 is 10.3 Å². The Morgan fingerprint density at radius 1 is 1.53 bits per heavy atom. The zero-order valence-electron chi connectivity index (χ0n) is 10.1. The van der Waals surface area contributed by atoms with Crippen LogP contribution in [-0.2, 0) is 4.79 Å². The molecule has 5 heteroatoms. The summed E-state index contributed by atoms with van der Waals surface area (Å²) in [6, 6.07) is 3.39. The molecule has 0 amide bonds. The van der Waals surface area contributed by atoms with Crippen LogP contribution in [-0.4, -0.2) is 5.78 Å². The standard InChI is InChI=1S/C14H12BrClN2O/c15-11-3-1-2-10(8-11)13(19)6-7-18-9-12(16)4-5-14(18)17/h1,3-10,17H,2H2/p+1/b7-6+. The highest BCUT2D eigenvalue weighted by Crippen LogP contribution is 2.21. The summed E-state index contributed by atoms with van der Waals surface area (Å²) < 4.78 is 2.55. The van der Waals surface area contributed by atoms with Crippen LogP contribution in [0.2, 0.25) is 5.02 Å². The lowest BCUT2D eigenvalue weighted by atomic mass is 9.96. The van der Waals surface area contributed by atoms with E-state index in [1.807, 2.05) is 18.2 Å². The number of carbonyl (C=O) groups is 1. The average molecular weight is 341 g/mol. The molecule has 0 fully saturated rings. The van der Waals surface area contributed by atoms with Gasteiger partial charge in [-0.1, -0.05) is 45.8 Å². The van der Waals surface area contributed by atoms with Gasteiger partial charge in [0, 0.05) is 22.5 Å². The SMILES string of the molecule is Nc1ccc(Cl)c[n+]1/C=C/C(=O)C1C=C(Br)C=CC1. The zero-order chi connectivity index (χ0) is 13.8. The Labute approximate surface area is 125 Å². The summed E-state index contributed by atoms with van der Waals surface area (Å²) in [5.74, 6) is 0.429. The van der Waals surface area contributed by atoms with Crippen molar-refractivity contribution in [1.82, 2.24) is 0 Å². The van der Waals surface area contributed by atoms with Gasteiger partial charge in [0.2, 0.25) is 0 Å². The second kappa shape index (κ2) is 6.17. The summed E-state index contributed by atoms with van der Waals surface area (Å²) in [6.07, 6.45) is 11.3. The topological polar surface area (TPSA) is 47.0 Å². The van der Waals surface area contributed by atoms with Crippen LogP contribution in [0.3, 0.4) is 0 Å². The number of hydrogen-bond donors (Lipinski definition) is 1. The van der Waals surface area contributed by atoms with E-state index in [1.54, 1.807) is 29.1 Å². The van der Waals surface area contributed by atoms with Crippen molar-refractivity contribution in [2.75, 3.05) is 5.73 Å². The van der Waals surface area contributed by atoms with Crippen molar-refractivity contribution in [2.24, 2.45) is 5.92 Å². The van der Waals surface area contributed by atoms with E-state index in [9.17, 15) is 4.79 Å². The number of nitrogens with zero attached hydrogens (tertiary/aromatic N) is 1. The van der Waals surface area contributed by atoms with Crippen LogP contribution in [0.5, 0.6) is 0 Å². The van der Waals surface area contributed by atoms with Gasteiger partial charge in [-0.25, -0.2) is 4.57 Å². The van der Waals surface area contributed by atoms with Crippen molar-refractivity contribution >= 4 is 45.3 Å². The first-order chi connectivity index (χ1) is 9.06. The molecule has 0 bridgehead atoms. The van der Waals surface area contributed by atoms with Crippen LogP contribution in [0.1, 0.15) is 6.42 Å². The molecule has 1 heterocycles. The molecule has 2 rings (SSSR count). The molecule has 0 saturated carbocycles. The quantitative estimate of drug-likeness (QED) is 0.679. The van der Waals surface area contributed by atoms with E-state index >= 15 is 0 Å². The van der Waals surface area contributed by atoms with Crippen molar-refractivity contribution in [3.8, 4) is 0 Å². The number of pyridine rings is 1. The molecule has 0 spiro atoms. The summed E-state index contributed by atoms with van der Waals surface area (Å²) in [5, 5.41) is 0.564. The summed E-state index contributed by atoms with van der Waals surface area (Å²) in [4.78, 5) is 12.0. The smallest absolute Gasteiger partial charge is 0.277 e. The number of rotatable bonds is 3. The predicted octanol–water partition coefficient (Wildman–Crippen LogP) is 3.10. The highest BCUT2D eigenvalue weighted by Gasteiger charge is 2.15. The number of nitrogens with two attached hydrogens (primary N) is 1. The second-order valence-corrected chi connectivity index (χ2v) is 5.55. The molecule has 19 heavy (non-hydrogen) atoms. The van der Waals surface area contributed by atoms with Crippen LogP contribution in [0.15, 0.2) is 47.1 Å². The average Bonchev–Trinajstić information content (AvgIpc) is 2.39. The largest absolute Gasteiger partial charge is 0.294 e. The van der Waals surface area contributed by atoms with Gasteiger partial charge in [0.25, 0.3) is 5.82 Å². The van der Waals surface area contributed by atoms with Crippen LogP contribution >= 0.6 is 27.5 Å². The fourth-order valence-electron chi connectivity index (χ4n) is 1.75. The van der Waals surface area contributed by atoms with E-state index in [0.29, 0.717) is 17.3 Å². The monoisotopic (exact) mass is 339 g/mol. The van der Waals surface area contributed by atoms with Gasteiger partial charge in [0.15, 0.2) is 5.78 Å². The Balaban J connectivity index is 2.12. The molecule has 0 aliphatic heterocycles. The molecule has 1 aromatic heterocycles. The van der Waals surface area contributed by atoms with E-state index in [2.05, 4.69) is 15.9 Å². The van der Waals surface area contributed by atoms with E-state index in [-0.39, 0.29) is 11.7 Å². The molecule has 1 unspecified atom stereocenters. The minimum Gasteiger partial charge on any atom is -0.294 e. The molecule has 1 aliphatic rings. The maximum atomic E-state index is 12.0. The molecule has 0 radical (unpaired) electrons. The van der Waals surface area contributed by atoms with Gasteiger partial charge in [0.05, 0.1) is 11.2 Å². The normalized spacial score (nSPS) is 18.6. The van der Waals surface area contributed by atoms with Gasteiger partial charge in [-0.2, -0.15) is 0 Å². The first-order valence-electron chi connectivity index (χ1n) is 5.78. The minimum atomic E-state index is -0.128. The van der Waals surface area contributed by atoms with Gasteiger partial charge in [-0.3, -0.25) is 10.5 Å². The Hall–Kier alpha value is -1.39. The fourth-order valence-corrected chi connectivity index (χ4v) is 2.42. The van der Waals surface area contributed by atoms with Crippen molar-refractivity contribution < 1.29 is 9.36 Å². The molecule has 0 saturated heterocycles. The lowest BCUT2D eigenvalue weighted by Gasteiger charge is -2.10. The van der Waals surface area contributed by atoms with Crippen molar-refractivity contribution in [3.63, 3.8) is 0 Å². The van der Waals surface area contributed by atoms with Gasteiger partial charge in [-0.15, -0.1) is 0 Å². The van der Waals surface area contributed by atoms with Gasteiger partial charge < -0.3 is 0 Å². The number of carbonyl (C=O) groups excluding carboxylic acids is 1. The zero-order valence-corrected chi connectivity index (χ0v) is 12.4. The van der Waals surface area contributed by atoms with Crippen molar-refractivity contribution in [1.29, 1.82) is 0 Å². The summed E-state index contributed by atoms with van der Waals surface area (Å²) in [5.41, 5.74) is 5.79. The second-order valence-electron chi connectivity index (χ2n) is 4.19. The van der Waals surface area contributed by atoms with E-state index < -0.39 is 0 Å². The number of nitrogen functional groups attached to an aromatic ring is 1. The summed E-state index contributed by atoms with van der Waals surface area (Å²) >= 11 is 9.25. The number of hydrogen-bond acceptors (Lipinski definition) is 2. The van der Waals surface area contributed by atoms with Gasteiger partial charge in [-0.05, 0) is 12.5 Å². The number of halogens is 2. The van der Waals surface area contributed by atoms with E-state index in [4.69, 9.17) is 17.3 Å². The fraction of sp³-hybridized carbons (Fsp3) is 0.143. The third-order valence-corrected chi connectivity index (χ3v) is 3.52. The molecule has 1 aromatic rings. The highest BCUT2D eigenvalue weighted by molar-refractivity contribution is 9.11. The van der Waals surface area contributed by atoms with Gasteiger partial charge >= 0.3 is 0 Å². The minimum absolute atomic E-state index is 0.0353. The molecule has 98 valence electrons. The highest BCUT2D eigenvalue weighted by atomic mass is 79.9. The summed E-state index contributed by atoms with van der Waals surface area (Å²) in [7, 11) is 0. The predicted molar refractivity (Wildman–Crippen MR) is 80.7 cm³/mol. The molecular formula is C14H13BrClN2O+. The first-order valence-corrected chi connectivity index (χ1v) is 6.95. The van der Waals surface area contributed by atoms with E-state index in [0.717, 1.165) is 4.48 Å². The maximum absolute atomic E-state index is 12.0. The van der Waals surface area contributed by atoms with Crippen LogP contribution in [0.4, 0.5) is 5.82 Å². The molecule has 2 N–H and O–H groups in total. The maximum Gasteiger partial charge on any atom is 0.277 e. The molecular weight excluding hydrogens is 328 g/mol. The Bertz CT molecular complexity index is 593. The van der Waals surface area contributed by atoms with E-state index in [1.165, 1.54) is 6.08 Å². The summed E-state index contributed by atoms with van der Waals surface area (Å²) in [6.45, 7) is 0. The molecule has 1 aliphatic carbocycles. The van der Waals surface area contributed by atoms with Gasteiger partial charge in [0.1, 0.15) is 6.20 Å². The lowest BCUT2D eigenvalue weighted by Crippen LogP contribution is -2.30. The molecule has 3 nitrogen and oxygen atoms in total. The lowest BCUT2D eigenvalue weighted by molar-refractivity contribution is -0.552. The molecule has 0 aromatic carbocycles. The number of anilines is 1. The third kappa shape index (κ3) is 3.78. The Morgan fingerprint density at radius 3 is 3.05 bits per heavy atom.